The van der Waals surface area contributed by atoms with Crippen molar-refractivity contribution < 1.29 is 37.1 Å². The minimum Gasteiger partial charge on any atom is -0.465 e. The predicted molar refractivity (Wildman–Crippen MR) is 103 cm³/mol. The van der Waals surface area contributed by atoms with E-state index in [2.05, 4.69) is 10.3 Å². The van der Waals surface area contributed by atoms with E-state index in [0.717, 1.165) is 18.3 Å². The summed E-state index contributed by atoms with van der Waals surface area (Å²) in [6.45, 7) is -0.594. The highest BCUT2D eigenvalue weighted by molar-refractivity contribution is 5.99. The van der Waals surface area contributed by atoms with Crippen molar-refractivity contribution in [2.45, 2.75) is 31.4 Å². The lowest BCUT2D eigenvalue weighted by molar-refractivity contribution is -0.137. The third kappa shape index (κ3) is 4.95. The van der Waals surface area contributed by atoms with Crippen molar-refractivity contribution in [1.29, 1.82) is 0 Å². The van der Waals surface area contributed by atoms with Crippen LogP contribution in [0.1, 0.15) is 28.0 Å². The molecule has 2 heterocycles. The largest absolute Gasteiger partial charge is 0.465 e. The smallest absolute Gasteiger partial charge is 0.416 e. The molecule has 32 heavy (non-hydrogen) atoms. The number of nitrogens with zero attached hydrogens (tertiary/aromatic N) is 2. The number of alkyl halides is 4. The molecule has 170 valence electrons. The molecule has 0 radical (unpaired) electrons. The minimum atomic E-state index is -4.53. The zero-order chi connectivity index (χ0) is 23.6. The fraction of sp³-hybridized carbons (Fsp3) is 0.300. The van der Waals surface area contributed by atoms with Crippen LogP contribution in [0.25, 0.3) is 11.1 Å². The fourth-order valence-electron chi connectivity index (χ4n) is 3.41. The Labute approximate surface area is 179 Å². The zero-order valence-electron chi connectivity index (χ0n) is 16.4. The lowest BCUT2D eigenvalue weighted by Gasteiger charge is -2.20. The van der Waals surface area contributed by atoms with Gasteiger partial charge in [-0.2, -0.15) is 13.2 Å². The molecule has 0 saturated carbocycles. The number of likely N-dealkylation sites (tertiary alicyclic amines) is 1. The Morgan fingerprint density at radius 1 is 1.22 bits per heavy atom. The van der Waals surface area contributed by atoms with Crippen LogP contribution in [0.2, 0.25) is 0 Å². The average molecular weight is 454 g/mol. The monoisotopic (exact) mass is 454 g/mol. The van der Waals surface area contributed by atoms with Crippen LogP contribution in [0.4, 0.5) is 22.4 Å². The van der Waals surface area contributed by atoms with Gasteiger partial charge in [0, 0.05) is 12.6 Å². The second-order valence-corrected chi connectivity index (χ2v) is 7.16. The van der Waals surface area contributed by atoms with Crippen LogP contribution in [0, 0.1) is 0 Å². The Hall–Kier alpha value is -3.70. The molecule has 0 bridgehead atoms. The van der Waals surface area contributed by atoms with Crippen molar-refractivity contribution in [1.82, 2.24) is 15.2 Å². The number of aromatic nitrogens is 1. The molecule has 4 N–H and O–H groups in total. The number of carbonyl (C=O) groups excluding carboxylic acids is 2. The Bertz CT molecular complexity index is 1040. The van der Waals surface area contributed by atoms with Gasteiger partial charge in [-0.1, -0.05) is 12.1 Å². The standard InChI is InChI=1S/C20H18F4N4O4/c21-12-5-16(28(9-12)19(31)32)18(30)27-7-13-6-14(15(8-26-13)17(25)29)10-1-3-11(4-2-10)20(22,23)24/h1-4,6,8,12,16H,5,7,9H2,(H2,25,29)(H,27,30)(H,31,32). The molecule has 1 aliphatic rings. The second kappa shape index (κ2) is 8.81. The normalized spacial score (nSPS) is 18.4. The molecule has 0 aliphatic carbocycles. The number of carboxylic acid groups (broad SMARTS) is 1. The predicted octanol–water partition coefficient (Wildman–Crippen LogP) is 2.57. The molecule has 2 atom stereocenters. The Kier molecular flexibility index (Phi) is 6.32. The molecular weight excluding hydrogens is 436 g/mol. The van der Waals surface area contributed by atoms with E-state index in [-0.39, 0.29) is 35.3 Å². The molecule has 3 rings (SSSR count). The quantitative estimate of drug-likeness (QED) is 0.599. The van der Waals surface area contributed by atoms with Crippen LogP contribution in [0.5, 0.6) is 0 Å². The number of primary amides is 1. The first-order valence-corrected chi connectivity index (χ1v) is 9.35. The maximum Gasteiger partial charge on any atom is 0.416 e. The Balaban J connectivity index is 1.81. The van der Waals surface area contributed by atoms with E-state index in [9.17, 15) is 31.9 Å². The van der Waals surface area contributed by atoms with Gasteiger partial charge in [0.2, 0.25) is 5.91 Å². The summed E-state index contributed by atoms with van der Waals surface area (Å²) in [5, 5.41) is 11.6. The number of carbonyl (C=O) groups is 3. The Morgan fingerprint density at radius 3 is 2.44 bits per heavy atom. The van der Waals surface area contributed by atoms with Gasteiger partial charge in [-0.3, -0.25) is 19.5 Å². The molecule has 1 aliphatic heterocycles. The van der Waals surface area contributed by atoms with Gasteiger partial charge in [-0.15, -0.1) is 0 Å². The van der Waals surface area contributed by atoms with Crippen LogP contribution >= 0.6 is 0 Å². The summed E-state index contributed by atoms with van der Waals surface area (Å²) in [5.74, 6) is -1.57. The van der Waals surface area contributed by atoms with E-state index in [1.165, 1.54) is 18.2 Å². The Morgan fingerprint density at radius 2 is 1.88 bits per heavy atom. The van der Waals surface area contributed by atoms with Crippen LogP contribution in [-0.4, -0.2) is 51.7 Å². The summed E-state index contributed by atoms with van der Waals surface area (Å²) in [7, 11) is 0. The topological polar surface area (TPSA) is 126 Å². The maximum absolute atomic E-state index is 13.6. The van der Waals surface area contributed by atoms with Crippen molar-refractivity contribution in [3.8, 4) is 11.1 Å². The van der Waals surface area contributed by atoms with Crippen LogP contribution < -0.4 is 11.1 Å². The third-order valence-corrected chi connectivity index (χ3v) is 4.99. The van der Waals surface area contributed by atoms with Crippen molar-refractivity contribution in [3.05, 3.63) is 53.3 Å². The zero-order valence-corrected chi connectivity index (χ0v) is 16.4. The molecule has 1 aromatic carbocycles. The number of benzene rings is 1. The minimum absolute atomic E-state index is 0.0343. The molecule has 0 spiro atoms. The number of pyridine rings is 1. The number of halogens is 4. The van der Waals surface area contributed by atoms with E-state index in [1.807, 2.05) is 0 Å². The van der Waals surface area contributed by atoms with Gasteiger partial charge in [0.05, 0.1) is 29.9 Å². The van der Waals surface area contributed by atoms with E-state index < -0.39 is 48.4 Å². The summed E-state index contributed by atoms with van der Waals surface area (Å²) in [5.41, 5.74) is 5.15. The summed E-state index contributed by atoms with van der Waals surface area (Å²) < 4.78 is 52.0. The highest BCUT2D eigenvalue weighted by Crippen LogP contribution is 2.32. The van der Waals surface area contributed by atoms with Gasteiger partial charge in [0.1, 0.15) is 12.2 Å². The number of rotatable bonds is 5. The molecule has 1 fully saturated rings. The van der Waals surface area contributed by atoms with Gasteiger partial charge in [-0.25, -0.2) is 9.18 Å². The van der Waals surface area contributed by atoms with Gasteiger partial charge in [0.15, 0.2) is 0 Å². The third-order valence-electron chi connectivity index (χ3n) is 4.99. The summed E-state index contributed by atoms with van der Waals surface area (Å²) in [6, 6.07) is 4.26. The summed E-state index contributed by atoms with van der Waals surface area (Å²) in [4.78, 5) is 40.0. The van der Waals surface area contributed by atoms with Crippen LogP contribution in [-0.2, 0) is 17.5 Å². The molecule has 1 aromatic heterocycles. The first kappa shape index (κ1) is 23.0. The molecule has 2 aromatic rings. The first-order chi connectivity index (χ1) is 15.0. The van der Waals surface area contributed by atoms with E-state index >= 15 is 0 Å². The molecule has 1 saturated heterocycles. The molecular formula is C20H18F4N4O4. The summed E-state index contributed by atoms with van der Waals surface area (Å²) >= 11 is 0. The molecule has 2 unspecified atom stereocenters. The van der Waals surface area contributed by atoms with Crippen molar-refractivity contribution in [2.24, 2.45) is 5.73 Å². The molecule has 3 amide bonds. The van der Waals surface area contributed by atoms with E-state index in [1.54, 1.807) is 0 Å². The van der Waals surface area contributed by atoms with Crippen molar-refractivity contribution in [2.75, 3.05) is 6.54 Å². The van der Waals surface area contributed by atoms with Crippen molar-refractivity contribution >= 4 is 17.9 Å². The van der Waals surface area contributed by atoms with Crippen LogP contribution in [0.15, 0.2) is 36.5 Å². The van der Waals surface area contributed by atoms with Crippen molar-refractivity contribution in [3.63, 3.8) is 0 Å². The van der Waals surface area contributed by atoms with Gasteiger partial charge < -0.3 is 16.2 Å². The average Bonchev–Trinajstić information content (AvgIpc) is 3.13. The SMILES string of the molecule is NC(=O)c1cnc(CNC(=O)C2CC(F)CN2C(=O)O)cc1-c1ccc(C(F)(F)F)cc1. The maximum atomic E-state index is 13.6. The number of nitrogens with one attached hydrogen (secondary N) is 1. The van der Waals surface area contributed by atoms with E-state index in [4.69, 9.17) is 10.8 Å². The molecule has 8 nitrogen and oxygen atoms in total. The summed E-state index contributed by atoms with van der Waals surface area (Å²) in [6.07, 6.45) is -6.54. The number of nitrogens with two attached hydrogens (primary N) is 1. The second-order valence-electron chi connectivity index (χ2n) is 7.16. The number of hydrogen-bond donors (Lipinski definition) is 3. The first-order valence-electron chi connectivity index (χ1n) is 9.35. The van der Waals surface area contributed by atoms with Crippen LogP contribution in [0.3, 0.4) is 0 Å². The lowest BCUT2D eigenvalue weighted by Crippen LogP contribution is -2.45. The highest BCUT2D eigenvalue weighted by atomic mass is 19.4. The van der Waals surface area contributed by atoms with Gasteiger partial charge in [0.25, 0.3) is 5.91 Å². The van der Waals surface area contributed by atoms with E-state index in [0.29, 0.717) is 4.90 Å². The number of amides is 3. The van der Waals surface area contributed by atoms with Gasteiger partial charge in [-0.05, 0) is 29.3 Å². The fourth-order valence-corrected chi connectivity index (χ4v) is 3.41. The highest BCUT2D eigenvalue weighted by Gasteiger charge is 2.39. The lowest BCUT2D eigenvalue weighted by atomic mass is 9.99. The van der Waals surface area contributed by atoms with Gasteiger partial charge >= 0.3 is 12.3 Å². The number of hydrogen-bond acceptors (Lipinski definition) is 4. The molecule has 12 heteroatoms.